The minimum Gasteiger partial charge on any atom is -0.463 e. The number of allylic oxidation sites excluding steroid dienone is 1. The number of ether oxygens (including phenoxy) is 1. The minimum atomic E-state index is -0.550. The van der Waals surface area contributed by atoms with Gasteiger partial charge in [-0.1, -0.05) is 32.9 Å². The first kappa shape index (κ1) is 19.5. The molecule has 1 aliphatic carbocycles. The summed E-state index contributed by atoms with van der Waals surface area (Å²) in [5.74, 6) is -1.89. The van der Waals surface area contributed by atoms with E-state index in [-0.39, 0.29) is 23.6 Å². The fourth-order valence-corrected chi connectivity index (χ4v) is 4.28. The molecule has 2 aliphatic rings. The van der Waals surface area contributed by atoms with Crippen molar-refractivity contribution in [1.82, 2.24) is 0 Å². The zero-order valence-electron chi connectivity index (χ0n) is 16.3. The van der Waals surface area contributed by atoms with Crippen molar-refractivity contribution in [2.75, 3.05) is 6.61 Å². The molecule has 2 unspecified atom stereocenters. The van der Waals surface area contributed by atoms with E-state index in [4.69, 9.17) is 9.73 Å². The Labute approximate surface area is 159 Å². The summed E-state index contributed by atoms with van der Waals surface area (Å²) < 4.78 is 19.3. The van der Waals surface area contributed by atoms with Crippen molar-refractivity contribution in [1.29, 1.82) is 0 Å². The van der Waals surface area contributed by atoms with E-state index in [0.29, 0.717) is 36.1 Å². The van der Waals surface area contributed by atoms with Crippen LogP contribution in [0.1, 0.15) is 58.4 Å². The molecule has 0 bridgehead atoms. The van der Waals surface area contributed by atoms with Gasteiger partial charge in [-0.3, -0.25) is 9.79 Å². The Morgan fingerprint density at radius 1 is 1.26 bits per heavy atom. The fourth-order valence-electron chi connectivity index (χ4n) is 4.28. The Balaban J connectivity index is 2.21. The Morgan fingerprint density at radius 3 is 2.63 bits per heavy atom. The van der Waals surface area contributed by atoms with Gasteiger partial charge in [0.1, 0.15) is 11.6 Å². The van der Waals surface area contributed by atoms with Gasteiger partial charge in [-0.15, -0.1) is 0 Å². The van der Waals surface area contributed by atoms with Gasteiger partial charge in [0, 0.05) is 18.1 Å². The first-order valence-corrected chi connectivity index (χ1v) is 9.53. The minimum absolute atomic E-state index is 0.0520. The Bertz CT molecular complexity index is 838. The Morgan fingerprint density at radius 2 is 2.00 bits per heavy atom. The molecule has 1 fully saturated rings. The molecule has 0 radical (unpaired) electrons. The van der Waals surface area contributed by atoms with E-state index < -0.39 is 17.8 Å². The van der Waals surface area contributed by atoms with Crippen molar-refractivity contribution in [2.24, 2.45) is 16.3 Å². The van der Waals surface area contributed by atoms with Crippen molar-refractivity contribution in [3.05, 3.63) is 46.9 Å². The third-order valence-electron chi connectivity index (χ3n) is 5.29. The molecule has 0 saturated heterocycles. The van der Waals surface area contributed by atoms with Crippen molar-refractivity contribution >= 4 is 17.5 Å². The summed E-state index contributed by atoms with van der Waals surface area (Å²) in [6, 6.07) is 6.16. The summed E-state index contributed by atoms with van der Waals surface area (Å²) in [6.45, 7) is 8.01. The van der Waals surface area contributed by atoms with Crippen molar-refractivity contribution in [3.8, 4) is 0 Å². The predicted molar refractivity (Wildman–Crippen MR) is 102 cm³/mol. The molecule has 0 aromatic heterocycles. The van der Waals surface area contributed by atoms with E-state index in [2.05, 4.69) is 13.8 Å². The van der Waals surface area contributed by atoms with E-state index in [1.165, 1.54) is 12.1 Å². The molecular formula is C22H26FNO3. The highest BCUT2D eigenvalue weighted by atomic mass is 19.1. The van der Waals surface area contributed by atoms with Crippen LogP contribution in [0.4, 0.5) is 4.39 Å². The van der Waals surface area contributed by atoms with E-state index >= 15 is 0 Å². The second-order valence-corrected chi connectivity index (χ2v) is 8.03. The monoisotopic (exact) mass is 371 g/mol. The van der Waals surface area contributed by atoms with Crippen LogP contribution in [0.25, 0.3) is 0 Å². The Hall–Kier alpha value is -2.30. The number of halogens is 1. The highest BCUT2D eigenvalue weighted by Crippen LogP contribution is 2.47. The van der Waals surface area contributed by atoms with Crippen LogP contribution >= 0.6 is 0 Å². The molecule has 4 nitrogen and oxygen atoms in total. The fraction of sp³-hybridized carbons (Fsp3) is 0.500. The lowest BCUT2D eigenvalue weighted by Crippen LogP contribution is -2.44. The summed E-state index contributed by atoms with van der Waals surface area (Å²) in [6.07, 6.45) is 1.65. The molecule has 27 heavy (non-hydrogen) atoms. The first-order valence-electron chi connectivity index (χ1n) is 9.53. The lowest BCUT2D eigenvalue weighted by Gasteiger charge is -2.41. The molecule has 1 aromatic rings. The number of fused-ring (bicyclic) bond motifs is 1. The number of ketones is 1. The quantitative estimate of drug-likeness (QED) is 0.727. The van der Waals surface area contributed by atoms with Gasteiger partial charge < -0.3 is 4.74 Å². The lowest BCUT2D eigenvalue weighted by molar-refractivity contribution is -0.139. The molecule has 1 aliphatic heterocycles. The Kier molecular flexibility index (Phi) is 5.31. The third-order valence-corrected chi connectivity index (χ3v) is 5.29. The van der Waals surface area contributed by atoms with Crippen LogP contribution in [0.2, 0.25) is 0 Å². The van der Waals surface area contributed by atoms with Crippen molar-refractivity contribution < 1.29 is 18.7 Å². The van der Waals surface area contributed by atoms with Crippen molar-refractivity contribution in [2.45, 2.75) is 52.9 Å². The van der Waals surface area contributed by atoms with Gasteiger partial charge in [-0.2, -0.15) is 0 Å². The number of rotatable bonds is 4. The van der Waals surface area contributed by atoms with Gasteiger partial charge >= 0.3 is 5.97 Å². The average molecular weight is 371 g/mol. The van der Waals surface area contributed by atoms with Crippen molar-refractivity contribution in [3.63, 3.8) is 0 Å². The van der Waals surface area contributed by atoms with Gasteiger partial charge in [0.15, 0.2) is 0 Å². The second-order valence-electron chi connectivity index (χ2n) is 8.03. The molecule has 0 amide bonds. The van der Waals surface area contributed by atoms with Gasteiger partial charge in [0.25, 0.3) is 0 Å². The standard InChI is InChI=1S/C22H26FNO3/c1-5-15-20(21(26)27-6-2)18(13-8-7-9-14(23)10-13)19-16(24-15)11-22(3,4)12-17(19)25/h7-10,18-19H,5-6,11-12H2,1-4H3. The summed E-state index contributed by atoms with van der Waals surface area (Å²) in [5, 5.41) is 0. The van der Waals surface area contributed by atoms with Gasteiger partial charge in [-0.25, -0.2) is 9.18 Å². The SMILES string of the molecule is CCOC(=O)C1=C(CC)N=C2CC(C)(C)CC(=O)C2C1c1cccc(F)c1. The smallest absolute Gasteiger partial charge is 0.336 e. The van der Waals surface area contributed by atoms with E-state index in [1.54, 1.807) is 19.1 Å². The van der Waals surface area contributed by atoms with Gasteiger partial charge in [-0.05, 0) is 42.9 Å². The molecule has 144 valence electrons. The molecule has 0 spiro atoms. The average Bonchev–Trinajstić information content (AvgIpc) is 2.59. The largest absolute Gasteiger partial charge is 0.463 e. The predicted octanol–water partition coefficient (Wildman–Crippen LogP) is 4.60. The van der Waals surface area contributed by atoms with Crippen LogP contribution in [0.15, 0.2) is 40.5 Å². The molecular weight excluding hydrogens is 345 g/mol. The topological polar surface area (TPSA) is 55.7 Å². The maximum absolute atomic E-state index is 14.0. The van der Waals surface area contributed by atoms with E-state index in [9.17, 15) is 14.0 Å². The highest BCUT2D eigenvalue weighted by Gasteiger charge is 2.48. The maximum atomic E-state index is 14.0. The highest BCUT2D eigenvalue weighted by molar-refractivity contribution is 6.12. The normalized spacial score (nSPS) is 24.3. The summed E-state index contributed by atoms with van der Waals surface area (Å²) in [7, 11) is 0. The number of aliphatic imine (C=N–C) groups is 1. The molecule has 1 aromatic carbocycles. The second kappa shape index (κ2) is 7.37. The zero-order valence-corrected chi connectivity index (χ0v) is 16.3. The number of hydrogen-bond acceptors (Lipinski definition) is 4. The molecule has 1 heterocycles. The van der Waals surface area contributed by atoms with Crippen LogP contribution in [0.5, 0.6) is 0 Å². The van der Waals surface area contributed by atoms with Crippen LogP contribution < -0.4 is 0 Å². The van der Waals surface area contributed by atoms with Gasteiger partial charge in [0.2, 0.25) is 0 Å². The number of benzene rings is 1. The number of carbonyl (C=O) groups excluding carboxylic acids is 2. The molecule has 0 N–H and O–H groups in total. The third kappa shape index (κ3) is 3.73. The maximum Gasteiger partial charge on any atom is 0.336 e. The van der Waals surface area contributed by atoms with Crippen LogP contribution in [-0.4, -0.2) is 24.1 Å². The number of esters is 1. The van der Waals surface area contributed by atoms with Crippen LogP contribution in [-0.2, 0) is 14.3 Å². The van der Waals surface area contributed by atoms with Gasteiger partial charge in [0.05, 0.1) is 23.8 Å². The molecule has 2 atom stereocenters. The molecule has 3 rings (SSSR count). The number of hydrogen-bond donors (Lipinski definition) is 0. The van der Waals surface area contributed by atoms with Crippen LogP contribution in [0.3, 0.4) is 0 Å². The number of nitrogens with zero attached hydrogens (tertiary/aromatic N) is 1. The van der Waals surface area contributed by atoms with E-state index in [1.807, 2.05) is 6.92 Å². The van der Waals surface area contributed by atoms with E-state index in [0.717, 1.165) is 5.71 Å². The van der Waals surface area contributed by atoms with Crippen LogP contribution in [0, 0.1) is 17.2 Å². The lowest BCUT2D eigenvalue weighted by atomic mass is 9.63. The summed E-state index contributed by atoms with van der Waals surface area (Å²) in [4.78, 5) is 30.6. The summed E-state index contributed by atoms with van der Waals surface area (Å²) >= 11 is 0. The number of carbonyl (C=O) groups is 2. The number of Topliss-reactive ketones (excluding diaryl/α,β-unsaturated/α-hetero) is 1. The zero-order chi connectivity index (χ0) is 19.8. The first-order chi connectivity index (χ1) is 12.8. The molecule has 1 saturated carbocycles. The molecule has 5 heteroatoms. The summed E-state index contributed by atoms with van der Waals surface area (Å²) in [5.41, 5.74) is 2.29.